The van der Waals surface area contributed by atoms with Crippen LogP contribution in [-0.4, -0.2) is 63.7 Å². The number of nitrogens with two attached hydrogens (primary N) is 1. The SMILES string of the molecule is [B][C@@H]1O[C@H](CO)[C@H](OP(C)(=O)[O-])C1OCCCN. The molecule has 0 saturated carbocycles. The van der Waals surface area contributed by atoms with Gasteiger partial charge in [-0.15, -0.1) is 0 Å². The van der Waals surface area contributed by atoms with E-state index in [0.717, 1.165) is 6.66 Å². The first-order valence-corrected chi connectivity index (χ1v) is 7.68. The van der Waals surface area contributed by atoms with Crippen molar-refractivity contribution in [1.29, 1.82) is 0 Å². The molecule has 0 amide bonds. The van der Waals surface area contributed by atoms with Gasteiger partial charge in [-0.25, -0.2) is 0 Å². The van der Waals surface area contributed by atoms with Crippen LogP contribution in [0.4, 0.5) is 0 Å². The lowest BCUT2D eigenvalue weighted by Gasteiger charge is -2.29. The van der Waals surface area contributed by atoms with Crippen molar-refractivity contribution in [3.05, 3.63) is 0 Å². The average Bonchev–Trinajstić information content (AvgIpc) is 2.54. The summed E-state index contributed by atoms with van der Waals surface area (Å²) in [5.74, 6) is 0. The van der Waals surface area contributed by atoms with Gasteiger partial charge >= 0.3 is 0 Å². The smallest absolute Gasteiger partial charge is 0.132 e. The molecular weight excluding hydrogens is 260 g/mol. The van der Waals surface area contributed by atoms with Crippen LogP contribution >= 0.6 is 7.60 Å². The number of aliphatic hydroxyl groups is 1. The van der Waals surface area contributed by atoms with Crippen LogP contribution in [0.2, 0.25) is 0 Å². The summed E-state index contributed by atoms with van der Waals surface area (Å²) < 4.78 is 26.7. The maximum atomic E-state index is 11.2. The van der Waals surface area contributed by atoms with Crippen LogP contribution in [0.5, 0.6) is 0 Å². The molecule has 1 heterocycles. The largest absolute Gasteiger partial charge is 0.779 e. The van der Waals surface area contributed by atoms with Gasteiger partial charge in [0.25, 0.3) is 0 Å². The molecule has 0 aliphatic carbocycles. The number of aliphatic hydroxyl groups excluding tert-OH is 1. The predicted molar refractivity (Wildman–Crippen MR) is 63.3 cm³/mol. The van der Waals surface area contributed by atoms with Gasteiger partial charge < -0.3 is 34.3 Å². The molecule has 0 aromatic carbocycles. The first-order chi connectivity index (χ1) is 8.39. The fourth-order valence-electron chi connectivity index (χ4n) is 1.74. The maximum Gasteiger partial charge on any atom is 0.132 e. The first-order valence-electron chi connectivity index (χ1n) is 5.69. The highest BCUT2D eigenvalue weighted by atomic mass is 31.2. The van der Waals surface area contributed by atoms with Crippen molar-refractivity contribution < 1.29 is 28.6 Å². The van der Waals surface area contributed by atoms with Gasteiger partial charge in [-0.1, -0.05) is 0 Å². The highest BCUT2D eigenvalue weighted by Gasteiger charge is 2.44. The van der Waals surface area contributed by atoms with E-state index < -0.39 is 38.5 Å². The lowest BCUT2D eigenvalue weighted by atomic mass is 9.93. The number of rotatable bonds is 7. The van der Waals surface area contributed by atoms with Crippen molar-refractivity contribution in [2.24, 2.45) is 5.73 Å². The van der Waals surface area contributed by atoms with Gasteiger partial charge in [0.05, 0.1) is 6.61 Å². The van der Waals surface area contributed by atoms with E-state index in [-0.39, 0.29) is 0 Å². The van der Waals surface area contributed by atoms with Crippen LogP contribution in [0.25, 0.3) is 0 Å². The molecule has 1 saturated heterocycles. The third kappa shape index (κ3) is 4.62. The fourth-order valence-corrected chi connectivity index (χ4v) is 2.44. The van der Waals surface area contributed by atoms with Crippen molar-refractivity contribution in [2.45, 2.75) is 30.7 Å². The molecule has 1 aliphatic heterocycles. The van der Waals surface area contributed by atoms with Gasteiger partial charge in [0.15, 0.2) is 0 Å². The molecule has 1 fully saturated rings. The van der Waals surface area contributed by atoms with Gasteiger partial charge in [-0.05, 0) is 13.0 Å². The molecule has 0 aromatic heterocycles. The third-order valence-electron chi connectivity index (χ3n) is 2.50. The Bertz CT molecular complexity index is 301. The van der Waals surface area contributed by atoms with E-state index in [1.165, 1.54) is 0 Å². The van der Waals surface area contributed by atoms with Crippen molar-refractivity contribution >= 4 is 15.4 Å². The second kappa shape index (κ2) is 7.00. The molecule has 9 heteroatoms. The Morgan fingerprint density at radius 3 is 2.72 bits per heavy atom. The molecule has 1 rings (SSSR count). The molecular formula is C9H18BNO6P-. The summed E-state index contributed by atoms with van der Waals surface area (Å²) >= 11 is 0. The topological polar surface area (TPSA) is 114 Å². The van der Waals surface area contributed by atoms with E-state index in [0.29, 0.717) is 19.6 Å². The molecule has 2 unspecified atom stereocenters. The first kappa shape index (κ1) is 16.1. The minimum absolute atomic E-state index is 0.323. The summed E-state index contributed by atoms with van der Waals surface area (Å²) in [5, 5.41) is 9.11. The van der Waals surface area contributed by atoms with Crippen molar-refractivity contribution in [1.82, 2.24) is 0 Å². The lowest BCUT2D eigenvalue weighted by molar-refractivity contribution is -0.205. The zero-order valence-electron chi connectivity index (χ0n) is 10.2. The normalized spacial score (nSPS) is 35.6. The minimum Gasteiger partial charge on any atom is -0.779 e. The Labute approximate surface area is 108 Å². The summed E-state index contributed by atoms with van der Waals surface area (Å²) in [7, 11) is 1.71. The molecule has 18 heavy (non-hydrogen) atoms. The van der Waals surface area contributed by atoms with Crippen LogP contribution in [0.15, 0.2) is 0 Å². The number of hydrogen-bond acceptors (Lipinski definition) is 7. The molecule has 2 radical (unpaired) electrons. The summed E-state index contributed by atoms with van der Waals surface area (Å²) in [6, 6.07) is -0.837. The standard InChI is InChI=1S/C9H19BNO6P/c1-18(13,14)17-7-6(5-12)16-9(10)8(7)15-4-2-3-11/h6-9,12H,2-5,11H2,1H3,(H,13,14)/p-1/t6-,7+,8?,9-/m1/s1. The van der Waals surface area contributed by atoms with E-state index in [1.54, 1.807) is 0 Å². The third-order valence-corrected chi connectivity index (χ3v) is 3.12. The fraction of sp³-hybridized carbons (Fsp3) is 1.00. The lowest BCUT2D eigenvalue weighted by Crippen LogP contribution is -2.39. The quantitative estimate of drug-likeness (QED) is 0.320. The van der Waals surface area contributed by atoms with Gasteiger partial charge in [0.1, 0.15) is 33.8 Å². The molecule has 1 aliphatic rings. The molecule has 7 nitrogen and oxygen atoms in total. The Hall–Kier alpha value is 0.0549. The molecule has 3 N–H and O–H groups in total. The van der Waals surface area contributed by atoms with Crippen molar-refractivity contribution in [3.8, 4) is 0 Å². The molecule has 104 valence electrons. The van der Waals surface area contributed by atoms with Crippen LogP contribution < -0.4 is 10.6 Å². The van der Waals surface area contributed by atoms with E-state index >= 15 is 0 Å². The van der Waals surface area contributed by atoms with Crippen molar-refractivity contribution in [2.75, 3.05) is 26.4 Å². The Morgan fingerprint density at radius 1 is 1.56 bits per heavy atom. The van der Waals surface area contributed by atoms with Crippen LogP contribution in [0.3, 0.4) is 0 Å². The van der Waals surface area contributed by atoms with Crippen molar-refractivity contribution in [3.63, 3.8) is 0 Å². The molecule has 0 spiro atoms. The van der Waals surface area contributed by atoms with E-state index in [1.807, 2.05) is 0 Å². The zero-order chi connectivity index (χ0) is 13.8. The highest BCUT2D eigenvalue weighted by molar-refractivity contribution is 7.50. The maximum absolute atomic E-state index is 11.2. The summed E-state index contributed by atoms with van der Waals surface area (Å²) in [5.41, 5.74) is 5.33. The molecule has 0 aromatic rings. The van der Waals surface area contributed by atoms with E-state index in [9.17, 15) is 9.46 Å². The second-order valence-corrected chi connectivity index (χ2v) is 5.89. The molecule has 0 bridgehead atoms. The van der Waals surface area contributed by atoms with Crippen LogP contribution in [0.1, 0.15) is 6.42 Å². The summed E-state index contributed by atoms with van der Waals surface area (Å²) in [6.45, 7) is 1.33. The highest BCUT2D eigenvalue weighted by Crippen LogP contribution is 2.39. The van der Waals surface area contributed by atoms with E-state index in [4.69, 9.17) is 32.7 Å². The van der Waals surface area contributed by atoms with Crippen LogP contribution in [-0.2, 0) is 18.6 Å². The Morgan fingerprint density at radius 2 is 2.22 bits per heavy atom. The second-order valence-electron chi connectivity index (χ2n) is 4.14. The minimum atomic E-state index is -3.97. The van der Waals surface area contributed by atoms with Crippen LogP contribution in [0, 0.1) is 0 Å². The van der Waals surface area contributed by atoms with Gasteiger partial charge in [0.2, 0.25) is 0 Å². The molecule has 5 atom stereocenters. The average molecular weight is 278 g/mol. The van der Waals surface area contributed by atoms with Gasteiger partial charge in [0, 0.05) is 19.3 Å². The number of ether oxygens (including phenoxy) is 2. The van der Waals surface area contributed by atoms with Gasteiger partial charge in [-0.3, -0.25) is 0 Å². The monoisotopic (exact) mass is 278 g/mol. The Kier molecular flexibility index (Phi) is 6.27. The number of hydrogen-bond donors (Lipinski definition) is 2. The summed E-state index contributed by atoms with van der Waals surface area (Å²) in [6.07, 6.45) is -1.88. The van der Waals surface area contributed by atoms with Gasteiger partial charge in [-0.2, -0.15) is 0 Å². The predicted octanol–water partition coefficient (Wildman–Crippen LogP) is -1.83. The van der Waals surface area contributed by atoms with E-state index in [2.05, 4.69) is 0 Å². The zero-order valence-corrected chi connectivity index (χ0v) is 11.1. The summed E-state index contributed by atoms with van der Waals surface area (Å²) in [4.78, 5) is 11.2. The Balaban J connectivity index is 2.67.